The molecule has 0 saturated carbocycles. The third kappa shape index (κ3) is 5.53. The van der Waals surface area contributed by atoms with Gasteiger partial charge in [-0.1, -0.05) is 11.6 Å². The highest BCUT2D eigenvalue weighted by Crippen LogP contribution is 2.36. The summed E-state index contributed by atoms with van der Waals surface area (Å²) in [6.07, 6.45) is 0. The second kappa shape index (κ2) is 9.79. The molecule has 0 fully saturated rings. The predicted octanol–water partition coefficient (Wildman–Crippen LogP) is 5.05. The number of hydrogen-bond acceptors (Lipinski definition) is 6. The van der Waals surface area contributed by atoms with Crippen LogP contribution in [-0.2, 0) is 14.8 Å². The Morgan fingerprint density at radius 3 is 2.65 bits per heavy atom. The average molecular weight is 500 g/mol. The van der Waals surface area contributed by atoms with Crippen LogP contribution < -0.4 is 4.74 Å². The Hall–Kier alpha value is -1.78. The summed E-state index contributed by atoms with van der Waals surface area (Å²) in [6.45, 7) is 3.60. The van der Waals surface area contributed by atoms with Crippen molar-refractivity contribution >= 4 is 60.8 Å². The van der Waals surface area contributed by atoms with Gasteiger partial charge in [0.15, 0.2) is 6.61 Å². The number of hydrogen-bond donors (Lipinski definition) is 1. The number of carboxylic acid groups (broad SMARTS) is 1. The monoisotopic (exact) mass is 499 g/mol. The quantitative estimate of drug-likeness (QED) is 0.415. The Balaban J connectivity index is 1.65. The fraction of sp³-hybridized carbons (Fsp3) is 0.286. The van der Waals surface area contributed by atoms with Crippen molar-refractivity contribution < 1.29 is 23.1 Å². The first-order chi connectivity index (χ1) is 14.6. The van der Waals surface area contributed by atoms with Crippen molar-refractivity contribution in [3.8, 4) is 5.75 Å². The second-order valence-electron chi connectivity index (χ2n) is 6.94. The number of benzene rings is 2. The summed E-state index contributed by atoms with van der Waals surface area (Å²) in [5, 5.41) is 10.2. The van der Waals surface area contributed by atoms with Crippen molar-refractivity contribution in [2.45, 2.75) is 23.0 Å². The van der Waals surface area contributed by atoms with Crippen molar-refractivity contribution in [3.63, 3.8) is 0 Å². The SMILES string of the molecule is Cc1cc(SCCN(C)S(=O)(=O)c2sc3ccc(Cl)cc3c2C)ccc1OCC(=O)O. The van der Waals surface area contributed by atoms with Gasteiger partial charge in [-0.15, -0.1) is 23.1 Å². The second-order valence-corrected chi connectivity index (χ2v) is 11.8. The van der Waals surface area contributed by atoms with Crippen LogP contribution in [0.4, 0.5) is 0 Å². The molecule has 0 aliphatic rings. The number of halogens is 1. The molecule has 1 N–H and O–H groups in total. The highest BCUT2D eigenvalue weighted by atomic mass is 35.5. The van der Waals surface area contributed by atoms with Crippen LogP contribution in [0.5, 0.6) is 5.75 Å². The van der Waals surface area contributed by atoms with E-state index in [0.717, 1.165) is 26.1 Å². The van der Waals surface area contributed by atoms with Crippen LogP contribution in [0.15, 0.2) is 45.5 Å². The number of thiophene rings is 1. The molecule has 0 radical (unpaired) electrons. The molecule has 1 heterocycles. The molecule has 10 heteroatoms. The van der Waals surface area contributed by atoms with Gasteiger partial charge in [0, 0.05) is 34.0 Å². The van der Waals surface area contributed by atoms with E-state index in [1.165, 1.54) is 27.4 Å². The molecule has 0 aliphatic carbocycles. The van der Waals surface area contributed by atoms with E-state index >= 15 is 0 Å². The Morgan fingerprint density at radius 1 is 1.23 bits per heavy atom. The first-order valence-electron chi connectivity index (χ1n) is 9.32. The van der Waals surface area contributed by atoms with Gasteiger partial charge >= 0.3 is 5.97 Å². The van der Waals surface area contributed by atoms with Crippen LogP contribution in [0.3, 0.4) is 0 Å². The standard InChI is InChI=1S/C21H22ClNO5S3/c1-13-10-16(5-6-18(13)28-12-20(24)25)29-9-8-23(3)31(26,27)21-14(2)17-11-15(22)4-7-19(17)30-21/h4-7,10-11H,8-9,12H2,1-3H3,(H,24,25). The van der Waals surface area contributed by atoms with E-state index in [4.69, 9.17) is 21.4 Å². The maximum atomic E-state index is 13.1. The number of carboxylic acids is 1. The number of fused-ring (bicyclic) bond motifs is 1. The van der Waals surface area contributed by atoms with E-state index in [1.54, 1.807) is 32.2 Å². The molecule has 2 aromatic carbocycles. The van der Waals surface area contributed by atoms with Gasteiger partial charge in [0.2, 0.25) is 0 Å². The number of aryl methyl sites for hydroxylation is 2. The minimum atomic E-state index is -3.61. The van der Waals surface area contributed by atoms with Gasteiger partial charge in [-0.3, -0.25) is 0 Å². The smallest absolute Gasteiger partial charge is 0.341 e. The van der Waals surface area contributed by atoms with Gasteiger partial charge in [-0.25, -0.2) is 13.2 Å². The summed E-state index contributed by atoms with van der Waals surface area (Å²) in [6, 6.07) is 10.9. The van der Waals surface area contributed by atoms with Gasteiger partial charge in [0.25, 0.3) is 10.0 Å². The lowest BCUT2D eigenvalue weighted by Crippen LogP contribution is -2.28. The molecule has 166 valence electrons. The fourth-order valence-electron chi connectivity index (χ4n) is 2.98. The molecule has 3 rings (SSSR count). The molecule has 0 unspecified atom stereocenters. The van der Waals surface area contributed by atoms with Gasteiger partial charge in [0.1, 0.15) is 9.96 Å². The highest BCUT2D eigenvalue weighted by molar-refractivity contribution is 7.99. The van der Waals surface area contributed by atoms with Gasteiger partial charge < -0.3 is 9.84 Å². The Kier molecular flexibility index (Phi) is 7.54. The molecule has 0 aliphatic heterocycles. The lowest BCUT2D eigenvalue weighted by Gasteiger charge is -2.16. The molecular weight excluding hydrogens is 478 g/mol. The van der Waals surface area contributed by atoms with Crippen LogP contribution in [0.1, 0.15) is 11.1 Å². The minimum Gasteiger partial charge on any atom is -0.482 e. The van der Waals surface area contributed by atoms with E-state index in [2.05, 4.69) is 0 Å². The van der Waals surface area contributed by atoms with Crippen LogP contribution in [-0.4, -0.2) is 49.8 Å². The maximum absolute atomic E-state index is 13.1. The zero-order valence-corrected chi connectivity index (χ0v) is 20.4. The lowest BCUT2D eigenvalue weighted by molar-refractivity contribution is -0.139. The van der Waals surface area contributed by atoms with Gasteiger partial charge in [-0.2, -0.15) is 4.31 Å². The maximum Gasteiger partial charge on any atom is 0.341 e. The largest absolute Gasteiger partial charge is 0.482 e. The van der Waals surface area contributed by atoms with E-state index in [0.29, 0.717) is 27.3 Å². The minimum absolute atomic E-state index is 0.341. The van der Waals surface area contributed by atoms with Gasteiger partial charge in [-0.05, 0) is 66.8 Å². The third-order valence-electron chi connectivity index (χ3n) is 4.67. The molecule has 6 nitrogen and oxygen atoms in total. The number of sulfonamides is 1. The first-order valence-corrected chi connectivity index (χ1v) is 12.9. The summed E-state index contributed by atoms with van der Waals surface area (Å²) in [5.41, 5.74) is 1.54. The number of thioether (sulfide) groups is 1. The molecule has 0 bridgehead atoms. The topological polar surface area (TPSA) is 83.9 Å². The predicted molar refractivity (Wildman–Crippen MR) is 126 cm³/mol. The summed E-state index contributed by atoms with van der Waals surface area (Å²) >= 11 is 8.85. The Bertz CT molecular complexity index is 1220. The molecule has 1 aromatic heterocycles. The number of ether oxygens (including phenoxy) is 1. The summed E-state index contributed by atoms with van der Waals surface area (Å²) in [5.74, 6) is 0.0612. The van der Waals surface area contributed by atoms with E-state index in [9.17, 15) is 13.2 Å². The number of carbonyl (C=O) groups is 1. The van der Waals surface area contributed by atoms with Crippen molar-refractivity contribution in [3.05, 3.63) is 52.5 Å². The summed E-state index contributed by atoms with van der Waals surface area (Å²) < 4.78 is 34.0. The molecule has 0 spiro atoms. The average Bonchev–Trinajstić information content (AvgIpc) is 3.04. The molecule has 31 heavy (non-hydrogen) atoms. The van der Waals surface area contributed by atoms with Crippen LogP contribution >= 0.6 is 34.7 Å². The summed E-state index contributed by atoms with van der Waals surface area (Å²) in [7, 11) is -2.03. The van der Waals surface area contributed by atoms with E-state index in [1.807, 2.05) is 25.1 Å². The normalized spacial score (nSPS) is 11.9. The van der Waals surface area contributed by atoms with Crippen molar-refractivity contribution in [2.24, 2.45) is 0 Å². The molecular formula is C21H22ClNO5S3. The molecule has 0 amide bonds. The van der Waals surface area contributed by atoms with Crippen LogP contribution in [0.2, 0.25) is 5.02 Å². The van der Waals surface area contributed by atoms with Gasteiger partial charge in [0.05, 0.1) is 0 Å². The van der Waals surface area contributed by atoms with Crippen LogP contribution in [0.25, 0.3) is 10.1 Å². The highest BCUT2D eigenvalue weighted by Gasteiger charge is 2.26. The third-order valence-corrected chi connectivity index (χ3v) is 9.61. The molecule has 0 saturated heterocycles. The molecule has 0 atom stereocenters. The Labute approximate surface area is 194 Å². The van der Waals surface area contributed by atoms with Crippen molar-refractivity contribution in [1.82, 2.24) is 4.31 Å². The Morgan fingerprint density at radius 2 is 1.97 bits per heavy atom. The fourth-order valence-corrected chi connectivity index (χ4v) is 7.40. The lowest BCUT2D eigenvalue weighted by atomic mass is 10.2. The van der Waals surface area contributed by atoms with Crippen LogP contribution in [0, 0.1) is 13.8 Å². The number of rotatable bonds is 9. The van der Waals surface area contributed by atoms with Crippen molar-refractivity contribution in [1.29, 1.82) is 0 Å². The summed E-state index contributed by atoms with van der Waals surface area (Å²) in [4.78, 5) is 11.6. The van der Waals surface area contributed by atoms with E-state index in [-0.39, 0.29) is 6.61 Å². The van der Waals surface area contributed by atoms with Crippen molar-refractivity contribution in [2.75, 3.05) is 26.0 Å². The van der Waals surface area contributed by atoms with E-state index < -0.39 is 16.0 Å². The first kappa shape index (κ1) is 23.9. The zero-order chi connectivity index (χ0) is 22.8. The molecule has 3 aromatic rings. The number of aliphatic carboxylic acids is 1. The zero-order valence-electron chi connectivity index (χ0n) is 17.2. The number of nitrogens with zero attached hydrogens (tertiary/aromatic N) is 1.